The summed E-state index contributed by atoms with van der Waals surface area (Å²) in [6.07, 6.45) is 3.50. The molecular weight excluding hydrogens is 511 g/mol. The first-order valence-corrected chi connectivity index (χ1v) is 11.7. The van der Waals surface area contributed by atoms with E-state index in [-0.39, 0.29) is 30.0 Å². The molecule has 3 rings (SSSR count). The molecule has 1 fully saturated rings. The van der Waals surface area contributed by atoms with Gasteiger partial charge in [-0.25, -0.2) is 0 Å². The number of guanidine groups is 1. The van der Waals surface area contributed by atoms with Crippen molar-refractivity contribution in [2.45, 2.75) is 66.0 Å². The van der Waals surface area contributed by atoms with Gasteiger partial charge >= 0.3 is 0 Å². The number of halogens is 1. The Kier molecular flexibility index (Phi) is 10.5. The molecule has 0 spiro atoms. The second-order valence-corrected chi connectivity index (χ2v) is 8.91. The average Bonchev–Trinajstić information content (AvgIpc) is 3.34. The van der Waals surface area contributed by atoms with Crippen molar-refractivity contribution < 1.29 is 0 Å². The lowest BCUT2D eigenvalue weighted by Gasteiger charge is -2.27. The standard InChI is InChI=1S/C25H40N6.HI/c1-7-26-25(28-19(3)16-23-20(4)29-30(6)21(23)5)27-17-24(31-14-8-9-15-31)22-12-10-18(2)11-13-22;/h10-13,19,24H,7-9,14-17H2,1-6H3,(H2,26,27,28);1H. The van der Waals surface area contributed by atoms with E-state index in [2.05, 4.69) is 79.5 Å². The van der Waals surface area contributed by atoms with Crippen LogP contribution >= 0.6 is 24.0 Å². The van der Waals surface area contributed by atoms with Gasteiger partial charge in [0.15, 0.2) is 5.96 Å². The third-order valence-electron chi connectivity index (χ3n) is 6.36. The normalized spacial score (nSPS) is 16.5. The lowest BCUT2D eigenvalue weighted by Crippen LogP contribution is -2.43. The number of nitrogens with one attached hydrogen (secondary N) is 2. The quantitative estimate of drug-likeness (QED) is 0.292. The van der Waals surface area contributed by atoms with Crippen LogP contribution in [0.2, 0.25) is 0 Å². The summed E-state index contributed by atoms with van der Waals surface area (Å²) in [5.41, 5.74) is 6.34. The lowest BCUT2D eigenvalue weighted by atomic mass is 10.0. The van der Waals surface area contributed by atoms with E-state index in [9.17, 15) is 0 Å². The van der Waals surface area contributed by atoms with Gasteiger partial charge in [0.1, 0.15) is 0 Å². The zero-order valence-electron chi connectivity index (χ0n) is 20.6. The van der Waals surface area contributed by atoms with Crippen molar-refractivity contribution in [1.29, 1.82) is 0 Å². The lowest BCUT2D eigenvalue weighted by molar-refractivity contribution is 0.251. The summed E-state index contributed by atoms with van der Waals surface area (Å²) in [5, 5.41) is 11.6. The highest BCUT2D eigenvalue weighted by Gasteiger charge is 2.23. The molecule has 0 bridgehead atoms. The SMILES string of the molecule is CCNC(=NCC(c1ccc(C)cc1)N1CCCC1)NC(C)Cc1c(C)nn(C)c1C.I. The Balaban J connectivity index is 0.00000363. The molecule has 1 saturated heterocycles. The van der Waals surface area contributed by atoms with Crippen molar-refractivity contribution in [3.05, 3.63) is 52.3 Å². The summed E-state index contributed by atoms with van der Waals surface area (Å²) < 4.78 is 1.97. The van der Waals surface area contributed by atoms with Crippen LogP contribution in [0.15, 0.2) is 29.3 Å². The van der Waals surface area contributed by atoms with E-state index in [1.54, 1.807) is 0 Å². The molecule has 6 nitrogen and oxygen atoms in total. The fraction of sp³-hybridized carbons (Fsp3) is 0.600. The Morgan fingerprint density at radius 1 is 1.12 bits per heavy atom. The van der Waals surface area contributed by atoms with Crippen molar-refractivity contribution in [3.8, 4) is 0 Å². The van der Waals surface area contributed by atoms with Crippen LogP contribution in [0.3, 0.4) is 0 Å². The molecule has 2 aromatic rings. The Morgan fingerprint density at radius 2 is 1.78 bits per heavy atom. The third kappa shape index (κ3) is 6.94. The van der Waals surface area contributed by atoms with Crippen molar-refractivity contribution in [2.24, 2.45) is 12.0 Å². The molecular formula is C25H41IN6. The van der Waals surface area contributed by atoms with Gasteiger partial charge in [-0.3, -0.25) is 14.6 Å². The maximum absolute atomic E-state index is 5.02. The highest BCUT2D eigenvalue weighted by atomic mass is 127. The predicted octanol–water partition coefficient (Wildman–Crippen LogP) is 4.29. The third-order valence-corrected chi connectivity index (χ3v) is 6.36. The molecule has 2 heterocycles. The average molecular weight is 553 g/mol. The predicted molar refractivity (Wildman–Crippen MR) is 145 cm³/mol. The van der Waals surface area contributed by atoms with Gasteiger partial charge < -0.3 is 10.6 Å². The molecule has 0 radical (unpaired) electrons. The Bertz CT molecular complexity index is 867. The molecule has 178 valence electrons. The zero-order valence-corrected chi connectivity index (χ0v) is 22.9. The summed E-state index contributed by atoms with van der Waals surface area (Å²) in [4.78, 5) is 7.61. The molecule has 1 aliphatic rings. The fourth-order valence-electron chi connectivity index (χ4n) is 4.47. The highest BCUT2D eigenvalue weighted by molar-refractivity contribution is 14.0. The maximum Gasteiger partial charge on any atom is 0.191 e. The number of likely N-dealkylation sites (tertiary alicyclic amines) is 1. The molecule has 1 aromatic heterocycles. The molecule has 32 heavy (non-hydrogen) atoms. The minimum Gasteiger partial charge on any atom is -0.357 e. The second kappa shape index (κ2) is 12.6. The zero-order chi connectivity index (χ0) is 22.4. The van der Waals surface area contributed by atoms with Crippen LogP contribution in [-0.4, -0.2) is 52.9 Å². The van der Waals surface area contributed by atoms with Gasteiger partial charge in [-0.15, -0.1) is 24.0 Å². The number of rotatable bonds is 8. The van der Waals surface area contributed by atoms with E-state index in [4.69, 9.17) is 4.99 Å². The Hall–Kier alpha value is -1.61. The van der Waals surface area contributed by atoms with Gasteiger partial charge in [0.05, 0.1) is 18.3 Å². The molecule has 2 unspecified atom stereocenters. The van der Waals surface area contributed by atoms with E-state index in [1.807, 2.05) is 11.7 Å². The van der Waals surface area contributed by atoms with Crippen molar-refractivity contribution in [1.82, 2.24) is 25.3 Å². The summed E-state index contributed by atoms with van der Waals surface area (Å²) >= 11 is 0. The number of hydrogen-bond donors (Lipinski definition) is 2. The van der Waals surface area contributed by atoms with Crippen LogP contribution in [0.1, 0.15) is 60.8 Å². The van der Waals surface area contributed by atoms with Gasteiger partial charge in [0.2, 0.25) is 0 Å². The molecule has 0 aliphatic carbocycles. The summed E-state index contributed by atoms with van der Waals surface area (Å²) in [5.74, 6) is 0.894. The van der Waals surface area contributed by atoms with Gasteiger partial charge in [-0.05, 0) is 78.1 Å². The van der Waals surface area contributed by atoms with Crippen LogP contribution in [0.4, 0.5) is 0 Å². The van der Waals surface area contributed by atoms with Gasteiger partial charge in [0, 0.05) is 25.3 Å². The molecule has 0 saturated carbocycles. The van der Waals surface area contributed by atoms with E-state index in [1.165, 1.54) is 35.2 Å². The Labute approximate surface area is 211 Å². The molecule has 0 amide bonds. The summed E-state index contributed by atoms with van der Waals surface area (Å²) in [6.45, 7) is 14.7. The number of hydrogen-bond acceptors (Lipinski definition) is 3. The number of aryl methyl sites for hydroxylation is 3. The topological polar surface area (TPSA) is 57.5 Å². The summed E-state index contributed by atoms with van der Waals surface area (Å²) in [7, 11) is 2.01. The Morgan fingerprint density at radius 3 is 2.34 bits per heavy atom. The van der Waals surface area contributed by atoms with E-state index in [0.29, 0.717) is 6.04 Å². The van der Waals surface area contributed by atoms with Crippen LogP contribution in [0, 0.1) is 20.8 Å². The molecule has 1 aromatic carbocycles. The van der Waals surface area contributed by atoms with Crippen LogP contribution < -0.4 is 10.6 Å². The molecule has 1 aliphatic heterocycles. The monoisotopic (exact) mass is 552 g/mol. The fourth-order valence-corrected chi connectivity index (χ4v) is 4.47. The van der Waals surface area contributed by atoms with E-state index >= 15 is 0 Å². The smallest absolute Gasteiger partial charge is 0.191 e. The highest BCUT2D eigenvalue weighted by Crippen LogP contribution is 2.26. The second-order valence-electron chi connectivity index (χ2n) is 8.91. The van der Waals surface area contributed by atoms with Gasteiger partial charge in [-0.1, -0.05) is 29.8 Å². The first-order chi connectivity index (χ1) is 14.9. The molecule has 2 atom stereocenters. The number of aliphatic imine (C=N–C) groups is 1. The van der Waals surface area contributed by atoms with Gasteiger partial charge in [0.25, 0.3) is 0 Å². The molecule has 7 heteroatoms. The van der Waals surface area contributed by atoms with Crippen LogP contribution in [0.5, 0.6) is 0 Å². The van der Waals surface area contributed by atoms with Crippen molar-refractivity contribution in [3.63, 3.8) is 0 Å². The minimum atomic E-state index is 0. The van der Waals surface area contributed by atoms with Crippen LogP contribution in [0.25, 0.3) is 0 Å². The first-order valence-electron chi connectivity index (χ1n) is 11.7. The maximum atomic E-state index is 5.02. The first kappa shape index (κ1) is 26.6. The van der Waals surface area contributed by atoms with Crippen molar-refractivity contribution >= 4 is 29.9 Å². The van der Waals surface area contributed by atoms with E-state index < -0.39 is 0 Å². The number of nitrogens with zero attached hydrogens (tertiary/aromatic N) is 4. The van der Waals surface area contributed by atoms with Crippen molar-refractivity contribution in [2.75, 3.05) is 26.2 Å². The van der Waals surface area contributed by atoms with Crippen LogP contribution in [-0.2, 0) is 13.5 Å². The summed E-state index contributed by atoms with van der Waals surface area (Å²) in [6, 6.07) is 9.56. The number of benzene rings is 1. The molecule has 2 N–H and O–H groups in total. The number of aromatic nitrogens is 2. The minimum absolute atomic E-state index is 0. The van der Waals surface area contributed by atoms with Gasteiger partial charge in [-0.2, -0.15) is 5.10 Å². The largest absolute Gasteiger partial charge is 0.357 e. The van der Waals surface area contributed by atoms with E-state index in [0.717, 1.165) is 44.3 Å².